The van der Waals surface area contributed by atoms with Gasteiger partial charge in [-0.25, -0.2) is 4.79 Å². The average molecular weight is 481 g/mol. The van der Waals surface area contributed by atoms with Crippen LogP contribution in [0, 0.1) is 11.3 Å². The SMILES string of the molecule is CCC(C)(C)[C@H]1CCc2c(sc3c2C(=O)N[C@@H](c2ccc(OC(=O)c4cccs4)cc2)N3)C1. The number of amides is 1. The summed E-state index contributed by atoms with van der Waals surface area (Å²) in [6.45, 7) is 6.99. The Balaban J connectivity index is 1.32. The summed E-state index contributed by atoms with van der Waals surface area (Å²) in [6, 6.07) is 10.9. The van der Waals surface area contributed by atoms with E-state index in [1.165, 1.54) is 21.8 Å². The highest BCUT2D eigenvalue weighted by molar-refractivity contribution is 7.16. The van der Waals surface area contributed by atoms with Crippen LogP contribution in [0.25, 0.3) is 0 Å². The van der Waals surface area contributed by atoms with E-state index in [9.17, 15) is 9.59 Å². The second kappa shape index (κ2) is 8.61. The lowest BCUT2D eigenvalue weighted by Crippen LogP contribution is -2.38. The molecule has 5 nitrogen and oxygen atoms in total. The van der Waals surface area contributed by atoms with Crippen LogP contribution >= 0.6 is 22.7 Å². The Bertz CT molecular complexity index is 1180. The van der Waals surface area contributed by atoms with Crippen molar-refractivity contribution in [1.29, 1.82) is 0 Å². The van der Waals surface area contributed by atoms with Crippen LogP contribution in [0.2, 0.25) is 0 Å². The zero-order valence-electron chi connectivity index (χ0n) is 19.1. The first-order valence-corrected chi connectivity index (χ1v) is 13.1. The van der Waals surface area contributed by atoms with Gasteiger partial charge in [-0.2, -0.15) is 0 Å². The molecule has 33 heavy (non-hydrogen) atoms. The van der Waals surface area contributed by atoms with E-state index in [2.05, 4.69) is 31.4 Å². The summed E-state index contributed by atoms with van der Waals surface area (Å²) < 4.78 is 5.45. The third-order valence-corrected chi connectivity index (χ3v) is 9.24. The minimum absolute atomic E-state index is 0.00680. The zero-order valence-corrected chi connectivity index (χ0v) is 20.7. The monoisotopic (exact) mass is 480 g/mol. The number of benzene rings is 1. The molecule has 5 rings (SSSR count). The molecule has 0 spiro atoms. The van der Waals surface area contributed by atoms with Crippen molar-refractivity contribution in [2.45, 2.75) is 52.6 Å². The van der Waals surface area contributed by atoms with E-state index in [0.717, 1.165) is 41.8 Å². The van der Waals surface area contributed by atoms with E-state index in [-0.39, 0.29) is 18.0 Å². The van der Waals surface area contributed by atoms with Gasteiger partial charge in [0.1, 0.15) is 21.8 Å². The van der Waals surface area contributed by atoms with Crippen molar-refractivity contribution >= 4 is 39.6 Å². The molecular weight excluding hydrogens is 452 g/mol. The van der Waals surface area contributed by atoms with Crippen LogP contribution in [0.1, 0.15) is 75.8 Å². The second-order valence-electron chi connectivity index (χ2n) is 9.48. The highest BCUT2D eigenvalue weighted by atomic mass is 32.1. The molecule has 0 saturated heterocycles. The molecule has 172 valence electrons. The first kappa shape index (κ1) is 22.2. The van der Waals surface area contributed by atoms with E-state index < -0.39 is 0 Å². The van der Waals surface area contributed by atoms with Crippen LogP contribution in [0.5, 0.6) is 5.75 Å². The average Bonchev–Trinajstić information content (AvgIpc) is 3.47. The Labute approximate surface area is 202 Å². The Morgan fingerprint density at radius 3 is 2.67 bits per heavy atom. The smallest absolute Gasteiger partial charge is 0.353 e. The summed E-state index contributed by atoms with van der Waals surface area (Å²) >= 11 is 3.09. The third-order valence-electron chi connectivity index (χ3n) is 7.21. The molecule has 0 unspecified atom stereocenters. The highest BCUT2D eigenvalue weighted by Crippen LogP contribution is 2.47. The van der Waals surface area contributed by atoms with Crippen molar-refractivity contribution < 1.29 is 14.3 Å². The molecule has 0 bridgehead atoms. The molecule has 2 aliphatic rings. The van der Waals surface area contributed by atoms with E-state index in [4.69, 9.17) is 4.74 Å². The van der Waals surface area contributed by atoms with Crippen LogP contribution < -0.4 is 15.4 Å². The van der Waals surface area contributed by atoms with Crippen LogP contribution in [-0.2, 0) is 12.8 Å². The number of esters is 1. The third kappa shape index (κ3) is 4.20. The van der Waals surface area contributed by atoms with Crippen molar-refractivity contribution in [3.05, 3.63) is 68.2 Å². The van der Waals surface area contributed by atoms with Crippen molar-refractivity contribution in [3.8, 4) is 5.75 Å². The van der Waals surface area contributed by atoms with Crippen LogP contribution in [0.4, 0.5) is 5.00 Å². The number of carbonyl (C=O) groups excluding carboxylic acids is 2. The Morgan fingerprint density at radius 2 is 1.97 bits per heavy atom. The van der Waals surface area contributed by atoms with Gasteiger partial charge >= 0.3 is 5.97 Å². The van der Waals surface area contributed by atoms with Gasteiger partial charge in [-0.05, 0) is 65.3 Å². The van der Waals surface area contributed by atoms with Crippen molar-refractivity contribution in [2.24, 2.45) is 11.3 Å². The largest absolute Gasteiger partial charge is 0.422 e. The molecule has 1 aliphatic carbocycles. The second-order valence-corrected chi connectivity index (χ2v) is 11.5. The quantitative estimate of drug-likeness (QED) is 0.326. The molecule has 1 aliphatic heterocycles. The molecule has 2 N–H and O–H groups in total. The summed E-state index contributed by atoms with van der Waals surface area (Å²) in [5.41, 5.74) is 3.30. The minimum atomic E-state index is -0.361. The Morgan fingerprint density at radius 1 is 1.18 bits per heavy atom. The lowest BCUT2D eigenvalue weighted by atomic mass is 9.69. The number of nitrogens with one attached hydrogen (secondary N) is 2. The maximum atomic E-state index is 13.1. The number of fused-ring (bicyclic) bond motifs is 3. The summed E-state index contributed by atoms with van der Waals surface area (Å²) in [7, 11) is 0. The molecular formula is C26H28N2O3S2. The van der Waals surface area contributed by atoms with E-state index >= 15 is 0 Å². The topological polar surface area (TPSA) is 67.4 Å². The summed E-state index contributed by atoms with van der Waals surface area (Å²) in [6.07, 6.45) is 4.02. The molecule has 3 aromatic rings. The predicted octanol–water partition coefficient (Wildman–Crippen LogP) is 6.42. The molecule has 1 aromatic carbocycles. The Hall–Kier alpha value is -2.64. The summed E-state index contributed by atoms with van der Waals surface area (Å²) in [4.78, 5) is 27.2. The number of anilines is 1. The summed E-state index contributed by atoms with van der Waals surface area (Å²) in [5, 5.41) is 9.46. The highest BCUT2D eigenvalue weighted by Gasteiger charge is 2.37. The van der Waals surface area contributed by atoms with Crippen molar-refractivity contribution in [3.63, 3.8) is 0 Å². The molecule has 0 saturated carbocycles. The van der Waals surface area contributed by atoms with Crippen LogP contribution in [0.3, 0.4) is 0 Å². The minimum Gasteiger partial charge on any atom is -0.422 e. The number of carbonyl (C=O) groups is 2. The lowest BCUT2D eigenvalue weighted by molar-refractivity contribution is 0.0739. The predicted molar refractivity (Wildman–Crippen MR) is 133 cm³/mol. The van der Waals surface area contributed by atoms with Gasteiger partial charge in [0.15, 0.2) is 0 Å². The van der Waals surface area contributed by atoms with Gasteiger partial charge in [0.2, 0.25) is 0 Å². The number of hydrogen-bond donors (Lipinski definition) is 2. The standard InChI is InChI=1S/C26H28N2O3S2/c1-4-26(2,3)16-9-12-18-20(14-16)33-24-21(18)23(29)27-22(28-24)15-7-10-17(11-8-15)31-25(30)19-6-5-13-32-19/h5-8,10-11,13,16,22,28H,4,9,12,14H2,1-3H3,(H,27,29)/t16-,22+/m0/s1. The molecule has 1 amide bonds. The maximum absolute atomic E-state index is 13.1. The molecule has 3 heterocycles. The fourth-order valence-electron chi connectivity index (χ4n) is 4.70. The van der Waals surface area contributed by atoms with Gasteiger partial charge in [0.05, 0.1) is 5.56 Å². The molecule has 7 heteroatoms. The first-order chi connectivity index (χ1) is 15.9. The number of hydrogen-bond acceptors (Lipinski definition) is 6. The molecule has 2 atom stereocenters. The van der Waals surface area contributed by atoms with Crippen molar-refractivity contribution in [2.75, 3.05) is 5.32 Å². The van der Waals surface area contributed by atoms with Gasteiger partial charge in [-0.3, -0.25) is 4.79 Å². The molecule has 0 fully saturated rings. The van der Waals surface area contributed by atoms with Crippen molar-refractivity contribution in [1.82, 2.24) is 5.32 Å². The zero-order chi connectivity index (χ0) is 23.2. The van der Waals surface area contributed by atoms with Gasteiger partial charge in [0, 0.05) is 4.88 Å². The molecule has 2 aromatic heterocycles. The lowest BCUT2D eigenvalue weighted by Gasteiger charge is -2.36. The number of rotatable bonds is 5. The first-order valence-electron chi connectivity index (χ1n) is 11.4. The van der Waals surface area contributed by atoms with Gasteiger partial charge in [0.25, 0.3) is 5.91 Å². The van der Waals surface area contributed by atoms with Gasteiger partial charge in [-0.15, -0.1) is 22.7 Å². The van der Waals surface area contributed by atoms with Crippen LogP contribution in [-0.4, -0.2) is 11.9 Å². The molecule has 0 radical (unpaired) electrons. The summed E-state index contributed by atoms with van der Waals surface area (Å²) in [5.74, 6) is 0.766. The maximum Gasteiger partial charge on any atom is 0.353 e. The normalized spacial score (nSPS) is 19.8. The number of thiophene rings is 2. The van der Waals surface area contributed by atoms with Crippen LogP contribution in [0.15, 0.2) is 41.8 Å². The fourth-order valence-corrected chi connectivity index (χ4v) is 6.65. The van der Waals surface area contributed by atoms with E-state index in [0.29, 0.717) is 22.0 Å². The van der Waals surface area contributed by atoms with E-state index in [1.54, 1.807) is 29.5 Å². The van der Waals surface area contributed by atoms with Gasteiger partial charge in [-0.1, -0.05) is 45.4 Å². The fraction of sp³-hybridized carbons (Fsp3) is 0.385. The Kier molecular flexibility index (Phi) is 5.79. The van der Waals surface area contributed by atoms with E-state index in [1.807, 2.05) is 23.6 Å². The number of ether oxygens (including phenoxy) is 1. The van der Waals surface area contributed by atoms with Gasteiger partial charge < -0.3 is 15.4 Å².